The molecule has 0 saturated heterocycles. The molecule has 0 aliphatic rings. The summed E-state index contributed by atoms with van der Waals surface area (Å²) in [7, 11) is 0. The van der Waals surface area contributed by atoms with E-state index in [-0.39, 0.29) is 13.0 Å². The second kappa shape index (κ2) is 9.42. The molecule has 0 radical (unpaired) electrons. The van der Waals surface area contributed by atoms with Gasteiger partial charge in [-0.3, -0.25) is 0 Å². The number of aliphatic hydroxyl groups is 2. The van der Waals surface area contributed by atoms with Crippen LogP contribution in [-0.2, 0) is 15.1 Å². The van der Waals surface area contributed by atoms with Crippen molar-refractivity contribution in [1.29, 1.82) is 0 Å². The van der Waals surface area contributed by atoms with Crippen molar-refractivity contribution in [3.05, 3.63) is 108 Å². The van der Waals surface area contributed by atoms with Gasteiger partial charge in [0.2, 0.25) is 0 Å². The molecule has 144 valence electrons. The van der Waals surface area contributed by atoms with Gasteiger partial charge in [-0.2, -0.15) is 0 Å². The third kappa shape index (κ3) is 4.20. The van der Waals surface area contributed by atoms with Gasteiger partial charge in [-0.05, 0) is 16.7 Å². The Labute approximate surface area is 165 Å². The van der Waals surface area contributed by atoms with Gasteiger partial charge in [-0.15, -0.1) is 0 Å². The molecule has 0 saturated carbocycles. The monoisotopic (exact) mass is 376 g/mol. The molecule has 3 aromatic rings. The first-order valence-corrected chi connectivity index (χ1v) is 9.29. The minimum atomic E-state index is -1.18. The summed E-state index contributed by atoms with van der Waals surface area (Å²) in [6.07, 6.45) is -1.90. The number of ether oxygens (including phenoxy) is 1. The van der Waals surface area contributed by atoms with Crippen LogP contribution in [0.3, 0.4) is 0 Å². The van der Waals surface area contributed by atoms with E-state index >= 15 is 0 Å². The Balaban J connectivity index is 2.10. The number of hydrogen-bond donors (Lipinski definition) is 2. The summed E-state index contributed by atoms with van der Waals surface area (Å²) in [6.45, 7) is -0.131. The van der Waals surface area contributed by atoms with Crippen LogP contribution in [0.1, 0.15) is 23.1 Å². The number of benzene rings is 3. The van der Waals surface area contributed by atoms with Gasteiger partial charge in [0, 0.05) is 6.42 Å². The van der Waals surface area contributed by atoms with Crippen LogP contribution in [-0.4, -0.2) is 35.3 Å². The Morgan fingerprint density at radius 2 is 1.11 bits per heavy atom. The van der Waals surface area contributed by atoms with Gasteiger partial charge >= 0.3 is 0 Å². The molecular weight excluding hydrogens is 352 g/mol. The fourth-order valence-electron chi connectivity index (χ4n) is 3.35. The van der Waals surface area contributed by atoms with Crippen molar-refractivity contribution in [2.45, 2.75) is 24.2 Å². The summed E-state index contributed by atoms with van der Waals surface area (Å²) in [4.78, 5) is 10.7. The van der Waals surface area contributed by atoms with Crippen LogP contribution in [0.2, 0.25) is 0 Å². The van der Waals surface area contributed by atoms with E-state index in [1.165, 1.54) is 0 Å². The molecular formula is C24H24O4. The zero-order valence-corrected chi connectivity index (χ0v) is 15.5. The molecule has 0 aromatic heterocycles. The van der Waals surface area contributed by atoms with Crippen molar-refractivity contribution < 1.29 is 19.7 Å². The Bertz CT molecular complexity index is 753. The normalized spacial score (nSPS) is 13.6. The van der Waals surface area contributed by atoms with Gasteiger partial charge in [0.15, 0.2) is 0 Å². The van der Waals surface area contributed by atoms with E-state index in [2.05, 4.69) is 0 Å². The Kier molecular flexibility index (Phi) is 6.71. The van der Waals surface area contributed by atoms with Gasteiger partial charge in [-0.25, -0.2) is 0 Å². The topological polar surface area (TPSA) is 66.8 Å². The molecule has 28 heavy (non-hydrogen) atoms. The summed E-state index contributed by atoms with van der Waals surface area (Å²) in [6, 6.07) is 29.3. The minimum absolute atomic E-state index is 0.131. The van der Waals surface area contributed by atoms with Crippen LogP contribution in [0.25, 0.3) is 0 Å². The standard InChI is InChI=1S/C24H24O4/c25-17-16-22(26)23(27)18-28-24(19-10-4-1-5-11-19,20-12-6-2-7-13-20)21-14-8-3-9-15-21/h1-15,17,22-23,26-27H,16,18H2. The lowest BCUT2D eigenvalue weighted by Crippen LogP contribution is -2.39. The summed E-state index contributed by atoms with van der Waals surface area (Å²) >= 11 is 0. The van der Waals surface area contributed by atoms with Crippen LogP contribution in [0.5, 0.6) is 0 Å². The first-order chi connectivity index (χ1) is 13.7. The van der Waals surface area contributed by atoms with E-state index < -0.39 is 17.8 Å². The van der Waals surface area contributed by atoms with E-state index in [1.807, 2.05) is 91.0 Å². The molecule has 2 unspecified atom stereocenters. The van der Waals surface area contributed by atoms with Crippen molar-refractivity contribution >= 4 is 6.29 Å². The van der Waals surface area contributed by atoms with E-state index in [9.17, 15) is 15.0 Å². The molecule has 0 amide bonds. The molecule has 3 rings (SSSR count). The van der Waals surface area contributed by atoms with Gasteiger partial charge in [0.1, 0.15) is 18.0 Å². The number of hydrogen-bond acceptors (Lipinski definition) is 4. The second-order valence-corrected chi connectivity index (χ2v) is 6.63. The van der Waals surface area contributed by atoms with Crippen molar-refractivity contribution in [2.24, 2.45) is 0 Å². The second-order valence-electron chi connectivity index (χ2n) is 6.63. The largest absolute Gasteiger partial charge is 0.390 e. The number of aliphatic hydroxyl groups excluding tert-OH is 2. The third-order valence-electron chi connectivity index (χ3n) is 4.79. The zero-order valence-electron chi connectivity index (χ0n) is 15.5. The van der Waals surface area contributed by atoms with Crippen LogP contribution in [0.4, 0.5) is 0 Å². The fraction of sp³-hybridized carbons (Fsp3) is 0.208. The summed E-state index contributed by atoms with van der Waals surface area (Å²) in [5.74, 6) is 0. The van der Waals surface area contributed by atoms with Crippen LogP contribution in [0.15, 0.2) is 91.0 Å². The molecule has 0 heterocycles. The first-order valence-electron chi connectivity index (χ1n) is 9.29. The molecule has 0 bridgehead atoms. The van der Waals surface area contributed by atoms with Crippen molar-refractivity contribution in [2.75, 3.05) is 6.61 Å². The number of aldehydes is 1. The Morgan fingerprint density at radius 3 is 1.46 bits per heavy atom. The SMILES string of the molecule is O=CCC(O)C(O)COC(c1ccccc1)(c1ccccc1)c1ccccc1. The van der Waals surface area contributed by atoms with E-state index in [4.69, 9.17) is 4.74 Å². The molecule has 2 atom stereocenters. The smallest absolute Gasteiger partial charge is 0.143 e. The average Bonchev–Trinajstić information content (AvgIpc) is 2.76. The molecule has 0 aliphatic heterocycles. The summed E-state index contributed by atoms with van der Waals surface area (Å²) < 4.78 is 6.39. The van der Waals surface area contributed by atoms with Crippen molar-refractivity contribution in [3.8, 4) is 0 Å². The van der Waals surface area contributed by atoms with Gasteiger partial charge in [0.05, 0.1) is 12.7 Å². The summed E-state index contributed by atoms with van der Waals surface area (Å²) in [5.41, 5.74) is 1.75. The maximum atomic E-state index is 10.7. The van der Waals surface area contributed by atoms with Gasteiger partial charge < -0.3 is 19.7 Å². The highest BCUT2D eigenvalue weighted by Gasteiger charge is 2.38. The molecule has 0 fully saturated rings. The first kappa shape index (κ1) is 20.0. The van der Waals surface area contributed by atoms with Crippen molar-refractivity contribution in [3.63, 3.8) is 0 Å². The third-order valence-corrected chi connectivity index (χ3v) is 4.79. The molecule has 2 N–H and O–H groups in total. The van der Waals surface area contributed by atoms with Crippen LogP contribution >= 0.6 is 0 Å². The minimum Gasteiger partial charge on any atom is -0.390 e. The van der Waals surface area contributed by atoms with Gasteiger partial charge in [-0.1, -0.05) is 91.0 Å². The lowest BCUT2D eigenvalue weighted by molar-refractivity contribution is -0.114. The maximum Gasteiger partial charge on any atom is 0.143 e. The predicted octanol–water partition coefficient (Wildman–Crippen LogP) is 3.31. The molecule has 4 heteroatoms. The summed E-state index contributed by atoms with van der Waals surface area (Å²) in [5, 5.41) is 20.3. The Morgan fingerprint density at radius 1 is 0.714 bits per heavy atom. The van der Waals surface area contributed by atoms with E-state index in [0.29, 0.717) is 6.29 Å². The molecule has 3 aromatic carbocycles. The van der Waals surface area contributed by atoms with E-state index in [0.717, 1.165) is 16.7 Å². The van der Waals surface area contributed by atoms with Crippen LogP contribution in [0, 0.1) is 0 Å². The average molecular weight is 376 g/mol. The highest BCUT2D eigenvalue weighted by atomic mass is 16.5. The lowest BCUT2D eigenvalue weighted by Gasteiger charge is -2.37. The van der Waals surface area contributed by atoms with Gasteiger partial charge in [0.25, 0.3) is 0 Å². The van der Waals surface area contributed by atoms with Crippen molar-refractivity contribution in [1.82, 2.24) is 0 Å². The maximum absolute atomic E-state index is 10.7. The highest BCUT2D eigenvalue weighted by molar-refractivity contribution is 5.50. The number of carbonyl (C=O) groups excluding carboxylic acids is 1. The Hall–Kier alpha value is -2.79. The molecule has 0 aliphatic carbocycles. The zero-order chi connectivity index (χ0) is 19.8. The number of rotatable bonds is 9. The molecule has 4 nitrogen and oxygen atoms in total. The quantitative estimate of drug-likeness (QED) is 0.444. The fourth-order valence-corrected chi connectivity index (χ4v) is 3.35. The highest BCUT2D eigenvalue weighted by Crippen LogP contribution is 2.40. The van der Waals surface area contributed by atoms with Crippen LogP contribution < -0.4 is 0 Å². The lowest BCUT2D eigenvalue weighted by atomic mass is 9.80. The predicted molar refractivity (Wildman–Crippen MR) is 108 cm³/mol. The van der Waals surface area contributed by atoms with E-state index in [1.54, 1.807) is 0 Å². The number of carbonyl (C=O) groups is 1. The molecule has 0 spiro atoms.